The number of aromatic nitrogens is 1. The predicted octanol–water partition coefficient (Wildman–Crippen LogP) is 3.22. The van der Waals surface area contributed by atoms with Crippen molar-refractivity contribution in [3.63, 3.8) is 0 Å². The zero-order valence-electron chi connectivity index (χ0n) is 14.3. The molecule has 2 N–H and O–H groups in total. The Morgan fingerprint density at radius 2 is 1.88 bits per heavy atom. The van der Waals surface area contributed by atoms with Gasteiger partial charge in [0.25, 0.3) is 5.91 Å². The smallest absolute Gasteiger partial charge is 0.306 e. The van der Waals surface area contributed by atoms with E-state index in [2.05, 4.69) is 5.32 Å². The molecule has 1 aliphatic rings. The molecule has 6 heteroatoms. The van der Waals surface area contributed by atoms with E-state index in [1.165, 1.54) is 12.1 Å². The van der Waals surface area contributed by atoms with Gasteiger partial charge in [-0.05, 0) is 63.4 Å². The van der Waals surface area contributed by atoms with Gasteiger partial charge in [0, 0.05) is 23.1 Å². The molecule has 1 saturated carbocycles. The number of nitrogens with one attached hydrogen (secondary N) is 1. The molecule has 0 radical (unpaired) electrons. The highest BCUT2D eigenvalue weighted by Gasteiger charge is 2.31. The minimum Gasteiger partial charge on any atom is -0.481 e. The van der Waals surface area contributed by atoms with Crippen LogP contribution in [0.4, 0.5) is 4.39 Å². The Hall–Kier alpha value is -2.63. The summed E-state index contributed by atoms with van der Waals surface area (Å²) in [6, 6.07) is 7.81. The van der Waals surface area contributed by atoms with Crippen LogP contribution in [0.2, 0.25) is 0 Å². The third kappa shape index (κ3) is 3.43. The van der Waals surface area contributed by atoms with E-state index >= 15 is 0 Å². The number of carbonyl (C=O) groups excluding carboxylic acids is 1. The number of hydrogen-bond acceptors (Lipinski definition) is 2. The number of hydrogen-bond donors (Lipinski definition) is 2. The minimum absolute atomic E-state index is 0.109. The molecule has 1 aromatic carbocycles. The number of carboxylic acids is 1. The standard InChI is InChI=1S/C19H21FN2O3/c1-11-9-17(12(2)22(11)16-7-4-14(20)5-8-16)18(23)21-15-6-3-13(10-15)19(24)25/h4-5,7-9,13,15H,3,6,10H2,1-2H3,(H,21,23)(H,24,25)/t13-,15+/m0/s1. The highest BCUT2D eigenvalue weighted by atomic mass is 19.1. The van der Waals surface area contributed by atoms with Crippen molar-refractivity contribution in [1.29, 1.82) is 0 Å². The fourth-order valence-corrected chi connectivity index (χ4v) is 3.58. The van der Waals surface area contributed by atoms with Crippen molar-refractivity contribution in [2.45, 2.75) is 39.2 Å². The third-order valence-corrected chi connectivity index (χ3v) is 4.88. The molecule has 132 valence electrons. The summed E-state index contributed by atoms with van der Waals surface area (Å²) in [6.45, 7) is 3.74. The van der Waals surface area contributed by atoms with Gasteiger partial charge in [-0.25, -0.2) is 4.39 Å². The molecular weight excluding hydrogens is 323 g/mol. The van der Waals surface area contributed by atoms with Crippen LogP contribution in [-0.2, 0) is 4.79 Å². The first kappa shape index (κ1) is 17.2. The number of halogens is 1. The Labute approximate surface area is 145 Å². The largest absolute Gasteiger partial charge is 0.481 e. The molecule has 3 rings (SSSR count). The zero-order chi connectivity index (χ0) is 18.1. The lowest BCUT2D eigenvalue weighted by Crippen LogP contribution is -2.33. The molecule has 2 aromatic rings. The molecule has 0 spiro atoms. The number of nitrogens with zero attached hydrogens (tertiary/aromatic N) is 1. The first-order chi connectivity index (χ1) is 11.9. The SMILES string of the molecule is Cc1cc(C(=O)N[C@@H]2CC[C@H](C(=O)O)C2)c(C)n1-c1ccc(F)cc1. The summed E-state index contributed by atoms with van der Waals surface area (Å²) in [4.78, 5) is 23.7. The van der Waals surface area contributed by atoms with Crippen molar-refractivity contribution in [3.05, 3.63) is 53.1 Å². The van der Waals surface area contributed by atoms with Crippen LogP contribution < -0.4 is 5.32 Å². The van der Waals surface area contributed by atoms with Gasteiger partial charge in [0.2, 0.25) is 0 Å². The molecule has 2 atom stereocenters. The fraction of sp³-hybridized carbons (Fsp3) is 0.368. The third-order valence-electron chi connectivity index (χ3n) is 4.88. The molecule has 1 heterocycles. The Kier molecular flexibility index (Phi) is 4.61. The molecule has 25 heavy (non-hydrogen) atoms. The summed E-state index contributed by atoms with van der Waals surface area (Å²) in [5.74, 6) is -1.68. The molecule has 1 amide bonds. The fourth-order valence-electron chi connectivity index (χ4n) is 3.58. The minimum atomic E-state index is -0.800. The predicted molar refractivity (Wildman–Crippen MR) is 91.4 cm³/mol. The summed E-state index contributed by atoms with van der Waals surface area (Å²) >= 11 is 0. The van der Waals surface area contributed by atoms with E-state index in [0.717, 1.165) is 17.1 Å². The maximum atomic E-state index is 13.1. The van der Waals surface area contributed by atoms with Gasteiger partial charge in [0.05, 0.1) is 11.5 Å². The molecule has 0 unspecified atom stereocenters. The first-order valence-electron chi connectivity index (χ1n) is 8.35. The van der Waals surface area contributed by atoms with E-state index in [9.17, 15) is 14.0 Å². The van der Waals surface area contributed by atoms with Crippen molar-refractivity contribution in [3.8, 4) is 5.69 Å². The van der Waals surface area contributed by atoms with E-state index in [4.69, 9.17) is 5.11 Å². The van der Waals surface area contributed by atoms with Crippen molar-refractivity contribution in [2.75, 3.05) is 0 Å². The molecule has 1 aromatic heterocycles. The van der Waals surface area contributed by atoms with Gasteiger partial charge in [-0.3, -0.25) is 9.59 Å². The van der Waals surface area contributed by atoms with Crippen molar-refractivity contribution in [1.82, 2.24) is 9.88 Å². The first-order valence-corrected chi connectivity index (χ1v) is 8.35. The number of aliphatic carboxylic acids is 1. The van der Waals surface area contributed by atoms with Crippen LogP contribution in [0.3, 0.4) is 0 Å². The van der Waals surface area contributed by atoms with Crippen molar-refractivity contribution >= 4 is 11.9 Å². The Morgan fingerprint density at radius 3 is 2.48 bits per heavy atom. The lowest BCUT2D eigenvalue weighted by molar-refractivity contribution is -0.141. The quantitative estimate of drug-likeness (QED) is 0.895. The number of amides is 1. The van der Waals surface area contributed by atoms with Crippen LogP contribution in [0.1, 0.15) is 41.0 Å². The lowest BCUT2D eigenvalue weighted by atomic mass is 10.1. The van der Waals surface area contributed by atoms with Gasteiger partial charge >= 0.3 is 5.97 Å². The highest BCUT2D eigenvalue weighted by Crippen LogP contribution is 2.27. The molecule has 0 bridgehead atoms. The highest BCUT2D eigenvalue weighted by molar-refractivity contribution is 5.96. The lowest BCUT2D eigenvalue weighted by Gasteiger charge is -2.13. The molecule has 1 fully saturated rings. The summed E-state index contributed by atoms with van der Waals surface area (Å²) in [7, 11) is 0. The van der Waals surface area contributed by atoms with Gasteiger partial charge in [-0.15, -0.1) is 0 Å². The van der Waals surface area contributed by atoms with Gasteiger partial charge in [-0.2, -0.15) is 0 Å². The monoisotopic (exact) mass is 344 g/mol. The second-order valence-corrected chi connectivity index (χ2v) is 6.62. The van der Waals surface area contributed by atoms with Crippen LogP contribution in [0.25, 0.3) is 5.69 Å². The summed E-state index contributed by atoms with van der Waals surface area (Å²) in [6.07, 6.45) is 1.74. The van der Waals surface area contributed by atoms with Crippen LogP contribution in [0.15, 0.2) is 30.3 Å². The van der Waals surface area contributed by atoms with Crippen LogP contribution in [0.5, 0.6) is 0 Å². The normalized spacial score (nSPS) is 19.8. The van der Waals surface area contributed by atoms with Gasteiger partial charge < -0.3 is 15.0 Å². The number of carboxylic acid groups (broad SMARTS) is 1. The number of aryl methyl sites for hydroxylation is 1. The van der Waals surface area contributed by atoms with Crippen molar-refractivity contribution < 1.29 is 19.1 Å². The maximum Gasteiger partial charge on any atom is 0.306 e. The second-order valence-electron chi connectivity index (χ2n) is 6.62. The van der Waals surface area contributed by atoms with E-state index < -0.39 is 5.97 Å². The maximum absolute atomic E-state index is 13.1. The second kappa shape index (κ2) is 6.70. The summed E-state index contributed by atoms with van der Waals surface area (Å²) < 4.78 is 15.0. The summed E-state index contributed by atoms with van der Waals surface area (Å²) in [5.41, 5.74) is 3.00. The molecule has 5 nitrogen and oxygen atoms in total. The van der Waals surface area contributed by atoms with Crippen LogP contribution >= 0.6 is 0 Å². The number of carbonyl (C=O) groups is 2. The van der Waals surface area contributed by atoms with E-state index in [-0.39, 0.29) is 23.7 Å². The van der Waals surface area contributed by atoms with Crippen molar-refractivity contribution in [2.24, 2.45) is 5.92 Å². The van der Waals surface area contributed by atoms with Crippen LogP contribution in [0, 0.1) is 25.6 Å². The average molecular weight is 344 g/mol. The molecule has 0 aliphatic heterocycles. The molecule has 0 saturated heterocycles. The average Bonchev–Trinajstić information content (AvgIpc) is 3.13. The summed E-state index contributed by atoms with van der Waals surface area (Å²) in [5, 5.41) is 12.0. The van der Waals surface area contributed by atoms with E-state index in [1.807, 2.05) is 18.4 Å². The Balaban J connectivity index is 1.79. The van der Waals surface area contributed by atoms with Gasteiger partial charge in [0.15, 0.2) is 0 Å². The zero-order valence-corrected chi connectivity index (χ0v) is 14.3. The van der Waals surface area contributed by atoms with Gasteiger partial charge in [-0.1, -0.05) is 0 Å². The number of benzene rings is 1. The molecule has 1 aliphatic carbocycles. The Bertz CT molecular complexity index is 811. The van der Waals surface area contributed by atoms with Gasteiger partial charge in [0.1, 0.15) is 5.82 Å². The molecular formula is C19H21FN2O3. The van der Waals surface area contributed by atoms with E-state index in [0.29, 0.717) is 24.8 Å². The number of rotatable bonds is 4. The Morgan fingerprint density at radius 1 is 1.20 bits per heavy atom. The van der Waals surface area contributed by atoms with E-state index in [1.54, 1.807) is 18.2 Å². The topological polar surface area (TPSA) is 71.3 Å². The van der Waals surface area contributed by atoms with Crippen LogP contribution in [-0.4, -0.2) is 27.6 Å².